The lowest BCUT2D eigenvalue weighted by atomic mass is 10.0. The number of carbonyl (C=O) groups is 2. The van der Waals surface area contributed by atoms with E-state index in [0.29, 0.717) is 22.0 Å². The number of aromatic nitrogens is 1. The number of sulfonamides is 1. The molecule has 8 nitrogen and oxygen atoms in total. The van der Waals surface area contributed by atoms with E-state index in [1.165, 1.54) is 18.2 Å². The van der Waals surface area contributed by atoms with Gasteiger partial charge < -0.3 is 10.1 Å². The first-order chi connectivity index (χ1) is 16.6. The summed E-state index contributed by atoms with van der Waals surface area (Å²) in [6, 6.07) is 21.3. The van der Waals surface area contributed by atoms with Gasteiger partial charge in [0.1, 0.15) is 0 Å². The van der Waals surface area contributed by atoms with Gasteiger partial charge in [0.05, 0.1) is 18.4 Å². The summed E-state index contributed by atoms with van der Waals surface area (Å²) in [5, 5.41) is 9.62. The summed E-state index contributed by atoms with van der Waals surface area (Å²) in [5.74, 6) is -1.71. The largest absolute Gasteiger partial charge is 0.478 e. The molecule has 1 aromatic heterocycles. The van der Waals surface area contributed by atoms with Crippen molar-refractivity contribution in [2.45, 2.75) is 13.0 Å². The van der Waals surface area contributed by atoms with Gasteiger partial charge in [0.15, 0.2) is 0 Å². The second-order valence-electron chi connectivity index (χ2n) is 8.16. The van der Waals surface area contributed by atoms with Crippen LogP contribution in [0.1, 0.15) is 37.4 Å². The Kier molecular flexibility index (Phi) is 6.52. The molecule has 2 N–H and O–H groups in total. The number of H-pyrrole nitrogens is 1. The summed E-state index contributed by atoms with van der Waals surface area (Å²) in [6.45, 7) is -0.0975. The number of carbonyl (C=O) groups excluding carboxylic acids is 1. The number of pyridine rings is 1. The number of hydrogen-bond donors (Lipinski definition) is 2. The molecule has 0 saturated carbocycles. The Morgan fingerprint density at radius 1 is 0.886 bits per heavy atom. The van der Waals surface area contributed by atoms with Crippen molar-refractivity contribution in [2.24, 2.45) is 0 Å². The van der Waals surface area contributed by atoms with Crippen molar-refractivity contribution in [3.63, 3.8) is 0 Å². The standard InChI is InChI=1S/C26H22N2O6S/c1-35(33,34)28(16-18-5-3-2-4-6-18)25(30)20-11-12-23-21(14-20)15-22(24(29)27-23)13-17-7-9-19(10-8-17)26(31)32/h2-12,14-15H,13,16H2,1H3,(H,27,29)(H,31,32). The maximum atomic E-state index is 13.2. The molecular formula is C26H22N2O6S. The van der Waals surface area contributed by atoms with Crippen LogP contribution in [0.15, 0.2) is 83.7 Å². The summed E-state index contributed by atoms with van der Waals surface area (Å²) in [7, 11) is -3.84. The molecule has 4 rings (SSSR count). The van der Waals surface area contributed by atoms with Crippen LogP contribution in [-0.2, 0) is 23.0 Å². The Morgan fingerprint density at radius 2 is 1.54 bits per heavy atom. The van der Waals surface area contributed by atoms with E-state index >= 15 is 0 Å². The van der Waals surface area contributed by atoms with Crippen molar-refractivity contribution < 1.29 is 23.1 Å². The van der Waals surface area contributed by atoms with E-state index in [9.17, 15) is 22.8 Å². The number of carboxylic acid groups (broad SMARTS) is 1. The van der Waals surface area contributed by atoms with Crippen LogP contribution in [0.3, 0.4) is 0 Å². The van der Waals surface area contributed by atoms with Crippen LogP contribution in [0.2, 0.25) is 0 Å². The topological polar surface area (TPSA) is 125 Å². The summed E-state index contributed by atoms with van der Waals surface area (Å²) in [4.78, 5) is 39.6. The minimum absolute atomic E-state index is 0.0975. The second kappa shape index (κ2) is 9.55. The minimum Gasteiger partial charge on any atom is -0.478 e. The van der Waals surface area contributed by atoms with Crippen LogP contribution in [0.5, 0.6) is 0 Å². The average Bonchev–Trinajstić information content (AvgIpc) is 2.82. The van der Waals surface area contributed by atoms with Crippen LogP contribution in [0.25, 0.3) is 10.9 Å². The molecule has 3 aromatic carbocycles. The van der Waals surface area contributed by atoms with E-state index in [-0.39, 0.29) is 29.7 Å². The third-order valence-electron chi connectivity index (χ3n) is 5.56. The molecule has 0 bridgehead atoms. The number of nitrogens with one attached hydrogen (secondary N) is 1. The molecule has 0 aliphatic rings. The zero-order valence-electron chi connectivity index (χ0n) is 18.8. The van der Waals surface area contributed by atoms with E-state index in [2.05, 4.69) is 4.98 Å². The van der Waals surface area contributed by atoms with E-state index in [1.54, 1.807) is 60.7 Å². The number of benzene rings is 3. The lowest BCUT2D eigenvalue weighted by Gasteiger charge is -2.20. The predicted molar refractivity (Wildman–Crippen MR) is 132 cm³/mol. The Morgan fingerprint density at radius 3 is 2.17 bits per heavy atom. The molecular weight excluding hydrogens is 468 g/mol. The van der Waals surface area contributed by atoms with Gasteiger partial charge in [-0.3, -0.25) is 9.59 Å². The van der Waals surface area contributed by atoms with E-state index < -0.39 is 21.9 Å². The normalized spacial score (nSPS) is 11.3. The highest BCUT2D eigenvalue weighted by Crippen LogP contribution is 2.19. The van der Waals surface area contributed by atoms with Crippen molar-refractivity contribution >= 4 is 32.8 Å². The van der Waals surface area contributed by atoms with Gasteiger partial charge in [-0.1, -0.05) is 42.5 Å². The first-order valence-corrected chi connectivity index (χ1v) is 12.5. The fourth-order valence-corrected chi connectivity index (χ4v) is 4.52. The van der Waals surface area contributed by atoms with Gasteiger partial charge >= 0.3 is 5.97 Å². The Hall–Kier alpha value is -4.24. The summed E-state index contributed by atoms with van der Waals surface area (Å²) in [6.07, 6.45) is 1.24. The number of carboxylic acids is 1. The molecule has 35 heavy (non-hydrogen) atoms. The Balaban J connectivity index is 1.67. The molecule has 0 aliphatic carbocycles. The van der Waals surface area contributed by atoms with Crippen LogP contribution >= 0.6 is 0 Å². The second-order valence-corrected chi connectivity index (χ2v) is 10.1. The first kappa shape index (κ1) is 23.9. The summed E-state index contributed by atoms with van der Waals surface area (Å²) in [5.41, 5.74) is 2.37. The summed E-state index contributed by atoms with van der Waals surface area (Å²) >= 11 is 0. The van der Waals surface area contributed by atoms with E-state index in [4.69, 9.17) is 5.11 Å². The molecule has 1 amide bonds. The number of aromatic amines is 1. The fourth-order valence-electron chi connectivity index (χ4n) is 3.73. The summed E-state index contributed by atoms with van der Waals surface area (Å²) < 4.78 is 25.6. The highest BCUT2D eigenvalue weighted by atomic mass is 32.2. The van der Waals surface area contributed by atoms with Gasteiger partial charge in [-0.05, 0) is 52.9 Å². The smallest absolute Gasteiger partial charge is 0.335 e. The first-order valence-electron chi connectivity index (χ1n) is 10.7. The zero-order chi connectivity index (χ0) is 25.2. The van der Waals surface area contributed by atoms with Crippen molar-refractivity contribution in [1.29, 1.82) is 0 Å². The van der Waals surface area contributed by atoms with Crippen LogP contribution in [0, 0.1) is 0 Å². The number of aromatic carboxylic acids is 1. The van der Waals surface area contributed by atoms with Gasteiger partial charge in [0, 0.05) is 23.1 Å². The number of amides is 1. The average molecular weight is 491 g/mol. The maximum Gasteiger partial charge on any atom is 0.335 e. The molecule has 4 aromatic rings. The quantitative estimate of drug-likeness (QED) is 0.409. The number of nitrogens with zero attached hydrogens (tertiary/aromatic N) is 1. The molecule has 0 unspecified atom stereocenters. The third-order valence-corrected chi connectivity index (χ3v) is 6.66. The van der Waals surface area contributed by atoms with Crippen LogP contribution in [0.4, 0.5) is 0 Å². The van der Waals surface area contributed by atoms with E-state index in [0.717, 1.165) is 16.1 Å². The number of hydrogen-bond acceptors (Lipinski definition) is 5. The molecule has 1 heterocycles. The molecule has 9 heteroatoms. The van der Waals surface area contributed by atoms with Crippen molar-refractivity contribution in [3.8, 4) is 0 Å². The van der Waals surface area contributed by atoms with Gasteiger partial charge in [0.25, 0.3) is 11.5 Å². The maximum absolute atomic E-state index is 13.2. The highest BCUT2D eigenvalue weighted by molar-refractivity contribution is 7.88. The Bertz CT molecular complexity index is 1580. The molecule has 178 valence electrons. The number of rotatable bonds is 7. The molecule has 0 radical (unpaired) electrons. The van der Waals surface area contributed by atoms with Gasteiger partial charge in [0.2, 0.25) is 10.0 Å². The number of fused-ring (bicyclic) bond motifs is 1. The SMILES string of the molecule is CS(=O)(=O)N(Cc1ccccc1)C(=O)c1ccc2[nH]c(=O)c(Cc3ccc(C(=O)O)cc3)cc2c1. The van der Waals surface area contributed by atoms with Gasteiger partial charge in [-0.15, -0.1) is 0 Å². The zero-order valence-corrected chi connectivity index (χ0v) is 19.6. The fraction of sp³-hybridized carbons (Fsp3) is 0.115. The highest BCUT2D eigenvalue weighted by Gasteiger charge is 2.25. The van der Waals surface area contributed by atoms with E-state index in [1.807, 2.05) is 0 Å². The van der Waals surface area contributed by atoms with Gasteiger partial charge in [-0.2, -0.15) is 0 Å². The lowest BCUT2D eigenvalue weighted by Crippen LogP contribution is -2.35. The lowest BCUT2D eigenvalue weighted by molar-refractivity contribution is 0.0696. The molecule has 0 saturated heterocycles. The minimum atomic E-state index is -3.84. The molecule has 0 spiro atoms. The van der Waals surface area contributed by atoms with Crippen molar-refractivity contribution in [3.05, 3.63) is 117 Å². The third kappa shape index (κ3) is 5.47. The molecule has 0 aliphatic heterocycles. The van der Waals surface area contributed by atoms with Crippen LogP contribution in [-0.4, -0.2) is 40.9 Å². The molecule has 0 fully saturated rings. The van der Waals surface area contributed by atoms with Gasteiger partial charge in [-0.25, -0.2) is 17.5 Å². The predicted octanol–water partition coefficient (Wildman–Crippen LogP) is 3.42. The van der Waals surface area contributed by atoms with Crippen molar-refractivity contribution in [2.75, 3.05) is 6.26 Å². The van der Waals surface area contributed by atoms with Crippen molar-refractivity contribution in [1.82, 2.24) is 9.29 Å². The monoisotopic (exact) mass is 490 g/mol. The Labute approximate surface area is 201 Å². The van der Waals surface area contributed by atoms with Crippen LogP contribution < -0.4 is 5.56 Å². The molecule has 0 atom stereocenters.